The van der Waals surface area contributed by atoms with E-state index in [1.165, 1.54) is 0 Å². The molecule has 0 radical (unpaired) electrons. The van der Waals surface area contributed by atoms with Gasteiger partial charge in [-0.05, 0) is 20.8 Å². The number of amides is 2. The molecule has 0 fully saturated rings. The maximum atomic E-state index is 12.3. The van der Waals surface area contributed by atoms with Crippen molar-refractivity contribution in [3.63, 3.8) is 0 Å². The Bertz CT molecular complexity index is 775. The topological polar surface area (TPSA) is 162 Å². The smallest absolute Gasteiger partial charge is 0.407 e. The lowest BCUT2D eigenvalue weighted by atomic mass is 10.2. The molecule has 0 bridgehead atoms. The molecule has 0 spiro atoms. The highest BCUT2D eigenvalue weighted by Crippen LogP contribution is 2.06. The molecule has 0 unspecified atom stereocenters. The Kier molecular flexibility index (Phi) is 7.11. The van der Waals surface area contributed by atoms with Crippen molar-refractivity contribution < 1.29 is 24.2 Å². The first kappa shape index (κ1) is 20.9. The lowest BCUT2D eigenvalue weighted by Gasteiger charge is -2.22. The van der Waals surface area contributed by atoms with E-state index in [0.29, 0.717) is 0 Å². The molecule has 11 heteroatoms. The average molecular weight is 370 g/mol. The van der Waals surface area contributed by atoms with Crippen molar-refractivity contribution in [3.8, 4) is 0 Å². The fourth-order valence-corrected chi connectivity index (χ4v) is 1.91. The molecule has 1 heterocycles. The zero-order valence-corrected chi connectivity index (χ0v) is 14.7. The van der Waals surface area contributed by atoms with Crippen molar-refractivity contribution in [2.24, 2.45) is 0 Å². The van der Waals surface area contributed by atoms with Crippen molar-refractivity contribution in [2.75, 3.05) is 19.6 Å². The number of carbonyl (C=O) groups is 3. The molecule has 11 nitrogen and oxygen atoms in total. The average Bonchev–Trinajstić information content (AvgIpc) is 2.46. The van der Waals surface area contributed by atoms with Crippen molar-refractivity contribution in [2.45, 2.75) is 32.8 Å². The van der Waals surface area contributed by atoms with E-state index < -0.39 is 47.8 Å². The summed E-state index contributed by atoms with van der Waals surface area (Å²) in [5, 5.41) is 11.3. The van der Waals surface area contributed by atoms with Crippen molar-refractivity contribution in [1.82, 2.24) is 20.2 Å². The second-order valence-corrected chi connectivity index (χ2v) is 6.41. The summed E-state index contributed by atoms with van der Waals surface area (Å²) in [5.41, 5.74) is -2.14. The highest BCUT2D eigenvalue weighted by atomic mass is 16.6. The quantitative estimate of drug-likeness (QED) is 0.480. The molecule has 1 aromatic rings. The number of aromatic nitrogens is 2. The van der Waals surface area contributed by atoms with Gasteiger partial charge in [0.1, 0.15) is 12.1 Å². The molecule has 0 aliphatic heterocycles. The molecule has 144 valence electrons. The van der Waals surface area contributed by atoms with Crippen LogP contribution in [0.2, 0.25) is 0 Å². The summed E-state index contributed by atoms with van der Waals surface area (Å²) in [7, 11) is 0. The summed E-state index contributed by atoms with van der Waals surface area (Å²) in [6.07, 6.45) is 0.000272. The predicted octanol–water partition coefficient (Wildman–Crippen LogP) is -0.956. The minimum Gasteiger partial charge on any atom is -0.480 e. The zero-order chi connectivity index (χ0) is 19.9. The number of hydrogen-bond acceptors (Lipinski definition) is 6. The molecular formula is C15H22N4O7. The highest BCUT2D eigenvalue weighted by Gasteiger charge is 2.20. The number of hydrogen-bond donors (Lipinski definition) is 4. The number of nitrogens with one attached hydrogen (secondary N) is 3. The highest BCUT2D eigenvalue weighted by molar-refractivity contribution is 5.83. The van der Waals surface area contributed by atoms with Crippen LogP contribution in [0.3, 0.4) is 0 Å². The van der Waals surface area contributed by atoms with Gasteiger partial charge in [0.2, 0.25) is 5.91 Å². The van der Waals surface area contributed by atoms with Gasteiger partial charge in [0.25, 0.3) is 5.56 Å². The second-order valence-electron chi connectivity index (χ2n) is 6.41. The van der Waals surface area contributed by atoms with Gasteiger partial charge in [-0.15, -0.1) is 0 Å². The maximum Gasteiger partial charge on any atom is 0.407 e. The molecule has 2 amide bonds. The van der Waals surface area contributed by atoms with E-state index in [0.717, 1.165) is 11.1 Å². The first-order valence-corrected chi connectivity index (χ1v) is 7.75. The van der Waals surface area contributed by atoms with Gasteiger partial charge in [0.05, 0.1) is 6.42 Å². The molecule has 0 saturated carbocycles. The van der Waals surface area contributed by atoms with E-state index in [-0.39, 0.29) is 18.7 Å². The van der Waals surface area contributed by atoms with Crippen LogP contribution in [0.5, 0.6) is 0 Å². The SMILES string of the molecule is CC(C)(C)OC(=O)NCCN(CC(=O)O)C(=O)Cc1c[nH]c(=O)[nH]c1=O. The molecule has 0 atom stereocenters. The first-order chi connectivity index (χ1) is 12.0. The number of carbonyl (C=O) groups excluding carboxylic acids is 2. The molecule has 0 aliphatic rings. The van der Waals surface area contributed by atoms with Gasteiger partial charge in [-0.25, -0.2) is 9.59 Å². The molecule has 1 rings (SSSR count). The zero-order valence-electron chi connectivity index (χ0n) is 14.7. The van der Waals surface area contributed by atoms with E-state index in [9.17, 15) is 24.0 Å². The van der Waals surface area contributed by atoms with E-state index in [1.54, 1.807) is 20.8 Å². The number of carboxylic acid groups (broad SMARTS) is 1. The normalized spacial score (nSPS) is 10.9. The third-order valence-electron chi connectivity index (χ3n) is 2.97. The van der Waals surface area contributed by atoms with Crippen LogP contribution in [0.4, 0.5) is 4.79 Å². The summed E-state index contributed by atoms with van der Waals surface area (Å²) >= 11 is 0. The van der Waals surface area contributed by atoms with Crippen LogP contribution in [-0.4, -0.2) is 63.2 Å². The second kappa shape index (κ2) is 8.83. The van der Waals surface area contributed by atoms with Gasteiger partial charge < -0.3 is 25.0 Å². The summed E-state index contributed by atoms with van der Waals surface area (Å²) in [4.78, 5) is 62.6. The van der Waals surface area contributed by atoms with Crippen LogP contribution in [-0.2, 0) is 20.7 Å². The van der Waals surface area contributed by atoms with Crippen LogP contribution in [0.25, 0.3) is 0 Å². The van der Waals surface area contributed by atoms with Gasteiger partial charge >= 0.3 is 17.8 Å². The van der Waals surface area contributed by atoms with Crippen molar-refractivity contribution >= 4 is 18.0 Å². The van der Waals surface area contributed by atoms with E-state index in [1.807, 2.05) is 4.98 Å². The summed E-state index contributed by atoms with van der Waals surface area (Å²) in [5.74, 6) is -1.89. The summed E-state index contributed by atoms with van der Waals surface area (Å²) in [6.45, 7) is 4.34. The van der Waals surface area contributed by atoms with Crippen LogP contribution >= 0.6 is 0 Å². The molecule has 26 heavy (non-hydrogen) atoms. The summed E-state index contributed by atoms with van der Waals surface area (Å²) in [6, 6.07) is 0. The number of carboxylic acids is 1. The fraction of sp³-hybridized carbons (Fsp3) is 0.533. The van der Waals surface area contributed by atoms with Gasteiger partial charge in [-0.1, -0.05) is 0 Å². The first-order valence-electron chi connectivity index (χ1n) is 7.75. The third kappa shape index (κ3) is 7.64. The summed E-state index contributed by atoms with van der Waals surface area (Å²) < 4.78 is 5.03. The standard InChI is InChI=1S/C15H22N4O7/c1-15(2,3)26-14(25)16-4-5-19(8-11(21)22)10(20)6-9-7-17-13(24)18-12(9)23/h7H,4-6,8H2,1-3H3,(H,16,25)(H,21,22)(H2,17,18,23,24). The van der Waals surface area contributed by atoms with Gasteiger partial charge in [-0.2, -0.15) is 0 Å². The lowest BCUT2D eigenvalue weighted by Crippen LogP contribution is -2.43. The van der Waals surface area contributed by atoms with Crippen LogP contribution in [0.1, 0.15) is 26.3 Å². The van der Waals surface area contributed by atoms with E-state index in [4.69, 9.17) is 9.84 Å². The molecule has 0 saturated heterocycles. The monoisotopic (exact) mass is 370 g/mol. The molecule has 1 aromatic heterocycles. The Morgan fingerprint density at radius 2 is 1.92 bits per heavy atom. The number of rotatable bonds is 7. The minimum atomic E-state index is -1.24. The number of aliphatic carboxylic acids is 1. The van der Waals surface area contributed by atoms with Crippen molar-refractivity contribution in [1.29, 1.82) is 0 Å². The van der Waals surface area contributed by atoms with Gasteiger partial charge in [-0.3, -0.25) is 19.4 Å². The number of H-pyrrole nitrogens is 2. The Morgan fingerprint density at radius 1 is 1.27 bits per heavy atom. The third-order valence-corrected chi connectivity index (χ3v) is 2.97. The number of aromatic amines is 2. The molecular weight excluding hydrogens is 348 g/mol. The number of nitrogens with zero attached hydrogens (tertiary/aromatic N) is 1. The predicted molar refractivity (Wildman–Crippen MR) is 89.8 cm³/mol. The van der Waals surface area contributed by atoms with Gasteiger partial charge in [0, 0.05) is 24.8 Å². The molecule has 4 N–H and O–H groups in total. The number of alkyl carbamates (subject to hydrolysis) is 1. The van der Waals surface area contributed by atoms with Crippen LogP contribution in [0, 0.1) is 0 Å². The molecule has 0 aliphatic carbocycles. The Morgan fingerprint density at radius 3 is 2.46 bits per heavy atom. The number of ether oxygens (including phenoxy) is 1. The maximum absolute atomic E-state index is 12.3. The molecule has 0 aromatic carbocycles. The van der Waals surface area contributed by atoms with E-state index >= 15 is 0 Å². The minimum absolute atomic E-state index is 0.00918. The van der Waals surface area contributed by atoms with E-state index in [2.05, 4.69) is 10.3 Å². The van der Waals surface area contributed by atoms with Crippen LogP contribution < -0.4 is 16.6 Å². The fourth-order valence-electron chi connectivity index (χ4n) is 1.91. The van der Waals surface area contributed by atoms with Crippen LogP contribution in [0.15, 0.2) is 15.8 Å². The lowest BCUT2D eigenvalue weighted by molar-refractivity contribution is -0.144. The largest absolute Gasteiger partial charge is 0.480 e. The Balaban J connectivity index is 2.69. The van der Waals surface area contributed by atoms with Gasteiger partial charge in [0.15, 0.2) is 0 Å². The Hall–Kier alpha value is -3.11. The Labute approximate surface area is 148 Å². The van der Waals surface area contributed by atoms with Crippen molar-refractivity contribution in [3.05, 3.63) is 32.6 Å².